The molecule has 2 aromatic carbocycles. The first-order chi connectivity index (χ1) is 12.3. The molecule has 4 aromatic rings. The van der Waals surface area contributed by atoms with Crippen molar-refractivity contribution in [1.29, 1.82) is 0 Å². The zero-order valence-corrected chi connectivity index (χ0v) is 14.1. The number of para-hydroxylation sites is 4. The molecule has 0 atom stereocenters. The van der Waals surface area contributed by atoms with E-state index >= 15 is 0 Å². The Balaban J connectivity index is 1.81. The van der Waals surface area contributed by atoms with E-state index in [1.54, 1.807) is 6.21 Å². The third kappa shape index (κ3) is 2.63. The monoisotopic (exact) mass is 329 g/mol. The second kappa shape index (κ2) is 6.36. The van der Waals surface area contributed by atoms with Gasteiger partial charge in [0.25, 0.3) is 0 Å². The number of allylic oxidation sites excluding steroid dienone is 1. The number of imidazole rings is 2. The molecule has 5 nitrogen and oxygen atoms in total. The summed E-state index contributed by atoms with van der Waals surface area (Å²) in [5, 5.41) is 0. The first-order valence-electron chi connectivity index (χ1n) is 8.37. The minimum Gasteiger partial charge on any atom is -0.323 e. The van der Waals surface area contributed by atoms with Gasteiger partial charge in [0, 0.05) is 13.1 Å². The molecule has 2 heterocycles. The molecule has 0 aliphatic rings. The summed E-state index contributed by atoms with van der Waals surface area (Å²) in [6, 6.07) is 16.2. The normalized spacial score (nSPS) is 11.7. The number of aliphatic imine (C=N–C) groups is 1. The summed E-state index contributed by atoms with van der Waals surface area (Å²) in [5.41, 5.74) is 4.08. The molecule has 0 saturated heterocycles. The molecular formula is C20H19N5. The van der Waals surface area contributed by atoms with Crippen LogP contribution in [0.2, 0.25) is 0 Å². The molecule has 0 amide bonds. The lowest BCUT2D eigenvalue weighted by atomic mass is 10.3. The van der Waals surface area contributed by atoms with E-state index in [1.807, 2.05) is 48.5 Å². The fourth-order valence-electron chi connectivity index (χ4n) is 3.11. The lowest BCUT2D eigenvalue weighted by Gasteiger charge is -2.03. The van der Waals surface area contributed by atoms with Crippen LogP contribution in [0, 0.1) is 0 Å². The van der Waals surface area contributed by atoms with Crippen LogP contribution in [0.15, 0.2) is 66.2 Å². The van der Waals surface area contributed by atoms with Crippen molar-refractivity contribution < 1.29 is 0 Å². The highest BCUT2D eigenvalue weighted by molar-refractivity contribution is 5.86. The van der Waals surface area contributed by atoms with Crippen LogP contribution in [0.4, 0.5) is 5.95 Å². The summed E-state index contributed by atoms with van der Waals surface area (Å²) in [6.07, 6.45) is 3.65. The van der Waals surface area contributed by atoms with E-state index in [2.05, 4.69) is 43.7 Å². The number of nitrogens with zero attached hydrogens (tertiary/aromatic N) is 5. The second-order valence-electron chi connectivity index (χ2n) is 5.76. The molecule has 0 aliphatic heterocycles. The summed E-state index contributed by atoms with van der Waals surface area (Å²) in [7, 11) is 0. The average Bonchev–Trinajstić information content (AvgIpc) is 3.18. The lowest BCUT2D eigenvalue weighted by Crippen LogP contribution is -2.01. The Bertz CT molecular complexity index is 1080. The Morgan fingerprint density at radius 1 is 0.960 bits per heavy atom. The van der Waals surface area contributed by atoms with Crippen molar-refractivity contribution in [1.82, 2.24) is 19.1 Å². The molecule has 4 rings (SSSR count). The fourth-order valence-corrected chi connectivity index (χ4v) is 3.11. The zero-order chi connectivity index (χ0) is 17.2. The molecule has 25 heavy (non-hydrogen) atoms. The van der Waals surface area contributed by atoms with E-state index in [0.29, 0.717) is 12.5 Å². The Labute approximate surface area is 146 Å². The number of aromatic nitrogens is 4. The highest BCUT2D eigenvalue weighted by atomic mass is 15.2. The van der Waals surface area contributed by atoms with Gasteiger partial charge in [0.15, 0.2) is 5.82 Å². The third-order valence-electron chi connectivity index (χ3n) is 4.24. The van der Waals surface area contributed by atoms with Gasteiger partial charge in [0.05, 0.1) is 28.3 Å². The fraction of sp³-hybridized carbons (Fsp3) is 0.150. The van der Waals surface area contributed by atoms with Crippen LogP contribution in [0.1, 0.15) is 12.7 Å². The molecule has 5 heteroatoms. The van der Waals surface area contributed by atoms with E-state index in [1.165, 1.54) is 0 Å². The molecule has 0 bridgehead atoms. The summed E-state index contributed by atoms with van der Waals surface area (Å²) >= 11 is 0. The molecule has 0 spiro atoms. The van der Waals surface area contributed by atoms with Gasteiger partial charge in [-0.05, 0) is 31.2 Å². The van der Waals surface area contributed by atoms with Crippen molar-refractivity contribution in [2.24, 2.45) is 4.99 Å². The van der Waals surface area contributed by atoms with E-state index < -0.39 is 0 Å². The van der Waals surface area contributed by atoms with Crippen molar-refractivity contribution in [3.63, 3.8) is 0 Å². The van der Waals surface area contributed by atoms with Crippen molar-refractivity contribution in [2.75, 3.05) is 0 Å². The van der Waals surface area contributed by atoms with Crippen molar-refractivity contribution in [2.45, 2.75) is 20.0 Å². The zero-order valence-electron chi connectivity index (χ0n) is 14.1. The molecule has 124 valence electrons. The minimum absolute atomic E-state index is 0.663. The number of hydrogen-bond acceptors (Lipinski definition) is 3. The quantitative estimate of drug-likeness (QED) is 0.404. The minimum atomic E-state index is 0.663. The van der Waals surface area contributed by atoms with Gasteiger partial charge < -0.3 is 9.13 Å². The molecule has 2 aromatic heterocycles. The molecule has 0 N–H and O–H groups in total. The number of benzene rings is 2. The van der Waals surface area contributed by atoms with Gasteiger partial charge in [-0.2, -0.15) is 0 Å². The van der Waals surface area contributed by atoms with Crippen LogP contribution in [0.3, 0.4) is 0 Å². The number of fused-ring (bicyclic) bond motifs is 2. The van der Waals surface area contributed by atoms with Crippen LogP contribution < -0.4 is 0 Å². The molecule has 0 radical (unpaired) electrons. The summed E-state index contributed by atoms with van der Waals surface area (Å²) in [5.74, 6) is 1.50. The van der Waals surface area contributed by atoms with Crippen LogP contribution in [-0.2, 0) is 13.1 Å². The Hall–Kier alpha value is -3.21. The average molecular weight is 329 g/mol. The molecular weight excluding hydrogens is 310 g/mol. The van der Waals surface area contributed by atoms with Gasteiger partial charge in [-0.1, -0.05) is 30.3 Å². The third-order valence-corrected chi connectivity index (χ3v) is 4.24. The standard InChI is InChI=1S/C20H19N5/c1-3-13-25-18-12-8-6-10-16(18)23-20(25)21-14-19-22-15-9-5-7-11-17(15)24(19)4-2/h3,5-12,14H,1,4,13H2,2H3. The summed E-state index contributed by atoms with van der Waals surface area (Å²) in [4.78, 5) is 14.0. The first kappa shape index (κ1) is 15.3. The van der Waals surface area contributed by atoms with Crippen molar-refractivity contribution in [3.8, 4) is 0 Å². The smallest absolute Gasteiger partial charge is 0.230 e. The molecule has 0 unspecified atom stereocenters. The Kier molecular flexibility index (Phi) is 3.90. The topological polar surface area (TPSA) is 48.0 Å². The van der Waals surface area contributed by atoms with Crippen LogP contribution >= 0.6 is 0 Å². The Morgan fingerprint density at radius 2 is 1.60 bits per heavy atom. The van der Waals surface area contributed by atoms with Crippen LogP contribution in [0.5, 0.6) is 0 Å². The lowest BCUT2D eigenvalue weighted by molar-refractivity contribution is 0.779. The van der Waals surface area contributed by atoms with Gasteiger partial charge in [-0.25, -0.2) is 15.0 Å². The maximum atomic E-state index is 4.68. The van der Waals surface area contributed by atoms with Crippen molar-refractivity contribution in [3.05, 3.63) is 67.0 Å². The van der Waals surface area contributed by atoms with Gasteiger partial charge in [0.1, 0.15) is 0 Å². The summed E-state index contributed by atoms with van der Waals surface area (Å²) < 4.78 is 4.21. The highest BCUT2D eigenvalue weighted by Crippen LogP contribution is 2.22. The SMILES string of the molecule is C=CCn1c(N=Cc2nc3ccccc3n2CC)nc2ccccc21. The van der Waals surface area contributed by atoms with Crippen LogP contribution in [-0.4, -0.2) is 25.3 Å². The number of aryl methyl sites for hydroxylation is 1. The highest BCUT2D eigenvalue weighted by Gasteiger charge is 2.10. The predicted octanol–water partition coefficient (Wildman–Crippen LogP) is 4.34. The first-order valence-corrected chi connectivity index (χ1v) is 8.37. The van der Waals surface area contributed by atoms with E-state index in [4.69, 9.17) is 0 Å². The van der Waals surface area contributed by atoms with E-state index in [-0.39, 0.29) is 0 Å². The van der Waals surface area contributed by atoms with E-state index in [9.17, 15) is 0 Å². The molecule has 0 fully saturated rings. The Morgan fingerprint density at radius 3 is 2.28 bits per heavy atom. The van der Waals surface area contributed by atoms with Gasteiger partial charge in [0.2, 0.25) is 5.95 Å². The maximum Gasteiger partial charge on any atom is 0.230 e. The van der Waals surface area contributed by atoms with Gasteiger partial charge in [-0.15, -0.1) is 6.58 Å². The van der Waals surface area contributed by atoms with E-state index in [0.717, 1.165) is 34.4 Å². The van der Waals surface area contributed by atoms with Crippen molar-refractivity contribution >= 4 is 34.2 Å². The summed E-state index contributed by atoms with van der Waals surface area (Å²) in [6.45, 7) is 7.45. The largest absolute Gasteiger partial charge is 0.323 e. The number of rotatable bonds is 5. The molecule has 0 aliphatic carbocycles. The van der Waals surface area contributed by atoms with Gasteiger partial charge in [-0.3, -0.25) is 0 Å². The van der Waals surface area contributed by atoms with Gasteiger partial charge >= 0.3 is 0 Å². The maximum absolute atomic E-state index is 4.68. The van der Waals surface area contributed by atoms with Crippen LogP contribution in [0.25, 0.3) is 22.1 Å². The number of hydrogen-bond donors (Lipinski definition) is 0. The second-order valence-corrected chi connectivity index (χ2v) is 5.76. The predicted molar refractivity (Wildman–Crippen MR) is 103 cm³/mol. The molecule has 0 saturated carbocycles.